The molecule has 1 fully saturated rings. The van der Waals surface area contributed by atoms with Crippen molar-refractivity contribution in [2.24, 2.45) is 0 Å². The average Bonchev–Trinajstić information content (AvgIpc) is 2.84. The van der Waals surface area contributed by atoms with E-state index >= 15 is 0 Å². The predicted octanol–water partition coefficient (Wildman–Crippen LogP) is 3.67. The molecule has 114 valence electrons. The van der Waals surface area contributed by atoms with Crippen LogP contribution in [-0.4, -0.2) is 21.8 Å². The SMILES string of the molecule is Cc1c(/C=C/C2(C)CCC(=O)O2)c(O)c2ccccc2c1O. The number of hydrogen-bond acceptors (Lipinski definition) is 4. The fourth-order valence-corrected chi connectivity index (χ4v) is 2.84. The van der Waals surface area contributed by atoms with Gasteiger partial charge < -0.3 is 14.9 Å². The molecule has 2 aromatic rings. The largest absolute Gasteiger partial charge is 0.507 e. The fraction of sp³-hybridized carbons (Fsp3) is 0.278. The first-order valence-corrected chi connectivity index (χ1v) is 7.25. The Morgan fingerprint density at radius 1 is 1.18 bits per heavy atom. The molecule has 0 aliphatic carbocycles. The first-order valence-electron chi connectivity index (χ1n) is 7.25. The van der Waals surface area contributed by atoms with Crippen molar-refractivity contribution >= 4 is 22.8 Å². The van der Waals surface area contributed by atoms with Crippen molar-refractivity contribution in [1.29, 1.82) is 0 Å². The number of phenols is 2. The van der Waals surface area contributed by atoms with Gasteiger partial charge in [0, 0.05) is 34.7 Å². The molecule has 3 rings (SSSR count). The van der Waals surface area contributed by atoms with Crippen LogP contribution in [0.15, 0.2) is 30.3 Å². The van der Waals surface area contributed by atoms with Crippen molar-refractivity contribution in [3.63, 3.8) is 0 Å². The second-order valence-corrected chi connectivity index (χ2v) is 5.90. The minimum atomic E-state index is -0.656. The van der Waals surface area contributed by atoms with Crippen LogP contribution in [-0.2, 0) is 9.53 Å². The molecule has 1 aliphatic heterocycles. The Balaban J connectivity index is 2.10. The molecule has 1 heterocycles. The van der Waals surface area contributed by atoms with Crippen molar-refractivity contribution in [2.75, 3.05) is 0 Å². The lowest BCUT2D eigenvalue weighted by Gasteiger charge is -2.18. The summed E-state index contributed by atoms with van der Waals surface area (Å²) in [5, 5.41) is 22.0. The van der Waals surface area contributed by atoms with E-state index in [0.29, 0.717) is 34.7 Å². The van der Waals surface area contributed by atoms with E-state index in [-0.39, 0.29) is 17.5 Å². The van der Waals surface area contributed by atoms with Crippen LogP contribution >= 0.6 is 0 Å². The van der Waals surface area contributed by atoms with Crippen molar-refractivity contribution in [2.45, 2.75) is 32.3 Å². The topological polar surface area (TPSA) is 66.8 Å². The van der Waals surface area contributed by atoms with E-state index in [4.69, 9.17) is 4.74 Å². The summed E-state index contributed by atoms with van der Waals surface area (Å²) in [5.41, 5.74) is 0.484. The van der Waals surface area contributed by atoms with Gasteiger partial charge in [0.15, 0.2) is 0 Å². The van der Waals surface area contributed by atoms with Gasteiger partial charge in [-0.15, -0.1) is 0 Å². The molecular formula is C18H18O4. The molecule has 1 aliphatic rings. The molecule has 0 radical (unpaired) electrons. The van der Waals surface area contributed by atoms with Gasteiger partial charge in [-0.2, -0.15) is 0 Å². The summed E-state index contributed by atoms with van der Waals surface area (Å²) in [6, 6.07) is 7.16. The molecule has 1 saturated heterocycles. The summed E-state index contributed by atoms with van der Waals surface area (Å²) in [6.07, 6.45) is 4.50. The molecule has 2 N–H and O–H groups in total. The standard InChI is InChI=1S/C18H18O4/c1-11-12(7-9-18(2)10-8-15(19)22-18)17(21)14-6-4-3-5-13(14)16(11)20/h3-7,9,20-21H,8,10H2,1-2H3/b9-7+. The number of ether oxygens (including phenoxy) is 1. The molecule has 0 spiro atoms. The van der Waals surface area contributed by atoms with Crippen LogP contribution in [0.1, 0.15) is 30.9 Å². The molecule has 4 nitrogen and oxygen atoms in total. The van der Waals surface area contributed by atoms with Crippen LogP contribution in [0.5, 0.6) is 11.5 Å². The average molecular weight is 298 g/mol. The Bertz CT molecular complexity index is 791. The zero-order valence-electron chi connectivity index (χ0n) is 12.6. The number of esters is 1. The Hall–Kier alpha value is -2.49. The first-order chi connectivity index (χ1) is 10.4. The van der Waals surface area contributed by atoms with Gasteiger partial charge >= 0.3 is 5.97 Å². The van der Waals surface area contributed by atoms with Crippen LogP contribution in [0.3, 0.4) is 0 Å². The number of cyclic esters (lactones) is 1. The van der Waals surface area contributed by atoms with E-state index in [9.17, 15) is 15.0 Å². The van der Waals surface area contributed by atoms with E-state index in [1.807, 2.05) is 19.1 Å². The minimum absolute atomic E-state index is 0.120. The summed E-state index contributed by atoms with van der Waals surface area (Å²) in [5.74, 6) is 0.0612. The molecule has 0 saturated carbocycles. The van der Waals surface area contributed by atoms with E-state index in [0.717, 1.165) is 0 Å². The fourth-order valence-electron chi connectivity index (χ4n) is 2.84. The number of carbonyl (C=O) groups is 1. The van der Waals surface area contributed by atoms with Crippen molar-refractivity contribution in [1.82, 2.24) is 0 Å². The summed E-state index contributed by atoms with van der Waals surface area (Å²) in [7, 11) is 0. The number of hydrogen-bond donors (Lipinski definition) is 2. The zero-order chi connectivity index (χ0) is 15.9. The third-order valence-corrected chi connectivity index (χ3v) is 4.23. The Kier molecular flexibility index (Phi) is 3.32. The van der Waals surface area contributed by atoms with Crippen molar-refractivity contribution in [3.05, 3.63) is 41.5 Å². The number of carbonyl (C=O) groups excluding carboxylic acids is 1. The Labute approximate surface area is 128 Å². The molecule has 0 aromatic heterocycles. The third-order valence-electron chi connectivity index (χ3n) is 4.23. The molecule has 1 atom stereocenters. The normalized spacial score (nSPS) is 21.6. The molecule has 4 heteroatoms. The van der Waals surface area contributed by atoms with Gasteiger partial charge in [0.05, 0.1) is 0 Å². The first kappa shape index (κ1) is 14.4. The molecule has 0 amide bonds. The molecule has 0 bridgehead atoms. The second kappa shape index (κ2) is 5.05. The highest BCUT2D eigenvalue weighted by Gasteiger charge is 2.33. The summed E-state index contributed by atoms with van der Waals surface area (Å²) in [6.45, 7) is 3.59. The number of aromatic hydroxyl groups is 2. The van der Waals surface area contributed by atoms with Crippen LogP contribution in [0.25, 0.3) is 16.8 Å². The predicted molar refractivity (Wildman–Crippen MR) is 84.8 cm³/mol. The van der Waals surface area contributed by atoms with Gasteiger partial charge in [0.1, 0.15) is 17.1 Å². The van der Waals surface area contributed by atoms with Gasteiger partial charge in [-0.05, 0) is 19.9 Å². The van der Waals surface area contributed by atoms with E-state index in [1.165, 1.54) is 0 Å². The smallest absolute Gasteiger partial charge is 0.306 e. The summed E-state index contributed by atoms with van der Waals surface area (Å²) in [4.78, 5) is 11.3. The van der Waals surface area contributed by atoms with E-state index < -0.39 is 5.60 Å². The van der Waals surface area contributed by atoms with Gasteiger partial charge in [-0.3, -0.25) is 4.79 Å². The lowest BCUT2D eigenvalue weighted by Crippen LogP contribution is -2.20. The van der Waals surface area contributed by atoms with Crippen molar-refractivity contribution < 1.29 is 19.7 Å². The van der Waals surface area contributed by atoms with Crippen LogP contribution in [0.4, 0.5) is 0 Å². The van der Waals surface area contributed by atoms with Gasteiger partial charge in [-0.25, -0.2) is 0 Å². The summed E-state index contributed by atoms with van der Waals surface area (Å²) < 4.78 is 5.30. The highest BCUT2D eigenvalue weighted by Crippen LogP contribution is 2.40. The molecule has 22 heavy (non-hydrogen) atoms. The van der Waals surface area contributed by atoms with E-state index in [1.54, 1.807) is 31.2 Å². The lowest BCUT2D eigenvalue weighted by atomic mass is 9.95. The van der Waals surface area contributed by atoms with Crippen LogP contribution in [0.2, 0.25) is 0 Å². The third kappa shape index (κ3) is 2.30. The number of fused-ring (bicyclic) bond motifs is 1. The van der Waals surface area contributed by atoms with Crippen molar-refractivity contribution in [3.8, 4) is 11.5 Å². The second-order valence-electron chi connectivity index (χ2n) is 5.90. The highest BCUT2D eigenvalue weighted by molar-refractivity contribution is 5.97. The number of phenolic OH excluding ortho intramolecular Hbond substituents is 2. The maximum absolute atomic E-state index is 11.3. The monoisotopic (exact) mass is 298 g/mol. The maximum Gasteiger partial charge on any atom is 0.306 e. The number of rotatable bonds is 2. The van der Waals surface area contributed by atoms with E-state index in [2.05, 4.69) is 0 Å². The Morgan fingerprint density at radius 2 is 1.82 bits per heavy atom. The van der Waals surface area contributed by atoms with Gasteiger partial charge in [0.2, 0.25) is 0 Å². The van der Waals surface area contributed by atoms with Crippen LogP contribution in [0, 0.1) is 6.92 Å². The van der Waals surface area contributed by atoms with Gasteiger partial charge in [0.25, 0.3) is 0 Å². The molecular weight excluding hydrogens is 280 g/mol. The quantitative estimate of drug-likeness (QED) is 0.656. The lowest BCUT2D eigenvalue weighted by molar-refractivity contribution is -0.144. The zero-order valence-corrected chi connectivity index (χ0v) is 12.6. The molecule has 1 unspecified atom stereocenters. The Morgan fingerprint density at radius 3 is 2.41 bits per heavy atom. The van der Waals surface area contributed by atoms with Gasteiger partial charge in [-0.1, -0.05) is 30.3 Å². The minimum Gasteiger partial charge on any atom is -0.507 e. The summed E-state index contributed by atoms with van der Waals surface area (Å²) >= 11 is 0. The molecule has 2 aromatic carbocycles. The van der Waals surface area contributed by atoms with Crippen LogP contribution < -0.4 is 0 Å². The maximum atomic E-state index is 11.3. The number of benzene rings is 2. The highest BCUT2D eigenvalue weighted by atomic mass is 16.6.